The fourth-order valence-electron chi connectivity index (χ4n) is 18.8. The molecule has 7 aliphatic rings. The molecule has 0 aliphatic carbocycles. The Morgan fingerprint density at radius 2 is 0.800 bits per heavy atom. The maximum absolute atomic E-state index is 14.4. The summed E-state index contributed by atoms with van der Waals surface area (Å²) in [6, 6.07) is 0. The number of allylic oxidation sites excluding steroid dienone is 4. The standard InChI is InChI=1S/C96H160O34/c1-53-25-31-71(125-95-91(129-93(109)77(103)49-97)89(117-17)83(115-15)51-119-95)43-65-21-19-23-67(123-65)47-79(113-13)60(8)76(102)40-64(100)42-82(62(10)88(108)56(4)30-34-70-46-74(112-12)38-58(6)122-70)128-86(106)36-28-54(2)26-32-72(126-96-92(130-94(110)78(104)50-98)90(118-18)84(116-16)52-120-96)44-66-22-20-24-68(124-66)48-80(114-14)59(7)75(101)39-63(99)41-81(127-85(105)35-27-53)61(9)87(107)55(3)29-33-69-45-73(111-11)37-57(5)121-69/h19-22,25-28,35-36,55-84,87-92,95-104,107-108H,23-24,29-34,37-52H2,1-18H3/b35-27-,36-28+,53-25+,54-26+/t55-,56-,57-,58-,59-,60-,61+,62+,63+,64+,65-,66-,67-,68-,69-,70-,71-,72-,73+,74+,75-,76-,77+,78-,79-,80-,81-,82-,83-,84-,87-,88-,89+,90+,91-,92-,95+,96+/m0/s1. The van der Waals surface area contributed by atoms with Gasteiger partial charge in [0.05, 0.1) is 149 Å². The van der Waals surface area contributed by atoms with Crippen LogP contribution in [0.1, 0.15) is 198 Å². The molecular weight excluding hydrogens is 1700 g/mol. The summed E-state index contributed by atoms with van der Waals surface area (Å²) in [7, 11) is 12.1. The zero-order valence-corrected chi connectivity index (χ0v) is 80.0. The van der Waals surface area contributed by atoms with E-state index in [9.17, 15) is 70.2 Å². The van der Waals surface area contributed by atoms with Gasteiger partial charge in [0.25, 0.3) is 0 Å². The number of methoxy groups -OCH3 is 8. The predicted octanol–water partition coefficient (Wildman–Crippen LogP) is 6.97. The van der Waals surface area contributed by atoms with Crippen LogP contribution in [0.25, 0.3) is 0 Å². The Balaban J connectivity index is 1.23. The number of rotatable bonds is 30. The van der Waals surface area contributed by atoms with E-state index in [1.54, 1.807) is 67.9 Å². The van der Waals surface area contributed by atoms with E-state index < -0.39 is 220 Å². The lowest BCUT2D eigenvalue weighted by atomic mass is 9.83. The number of carbonyl (C=O) groups is 4. The molecule has 0 amide bonds. The molecule has 0 radical (unpaired) electrons. The van der Waals surface area contributed by atoms with Crippen LogP contribution >= 0.6 is 0 Å². The second-order valence-electron chi connectivity index (χ2n) is 37.2. The first-order valence-corrected chi connectivity index (χ1v) is 46.9. The molecule has 38 atom stereocenters. The smallest absolute Gasteiger partial charge is 0.337 e. The molecule has 34 nitrogen and oxygen atoms in total. The first kappa shape index (κ1) is 112. The van der Waals surface area contributed by atoms with Gasteiger partial charge in [-0.15, -0.1) is 0 Å². The molecule has 130 heavy (non-hydrogen) atoms. The van der Waals surface area contributed by atoms with Crippen molar-refractivity contribution in [1.29, 1.82) is 0 Å². The van der Waals surface area contributed by atoms with Gasteiger partial charge in [0.2, 0.25) is 0 Å². The monoisotopic (exact) mass is 1860 g/mol. The highest BCUT2D eigenvalue weighted by atomic mass is 16.7. The molecule has 7 aliphatic heterocycles. The summed E-state index contributed by atoms with van der Waals surface area (Å²) in [5, 5.41) is 113. The van der Waals surface area contributed by atoms with Crippen LogP contribution in [0.2, 0.25) is 0 Å². The van der Waals surface area contributed by atoms with E-state index >= 15 is 0 Å². The average molecular weight is 1860 g/mol. The summed E-state index contributed by atoms with van der Waals surface area (Å²) in [5.74, 6) is -7.29. The SMILES string of the molecule is CO[C@H]1C[C@H](CC[C@H](C)[C@H](O)[C@H](C)[C@@H]2C[C@H](O)C[C@H](O)[C@H](C)[C@@H](OC)C[C@@H]3CC=C[C@@H](C[C@@H](O[C@H]4OC[C@H](OC)[C@@H](OC)[C@@H]4OC(=O)[C@@H](O)CO)C/C=C(C)/C=C/C(=O)O[C@H]([C@@H](C)[C@@H](O)[C@@H](C)CC[C@H]4C[C@H](OC)C[C@H](C)O4)C[C@H](O)C[C@H](O)[C@H](C)[C@@H](OC)C[C@@H]4CC=C[C@@H](C[C@@H](O[C@H]5OC[C@H](OC)[C@@H](OC)[C@@H]5OC(=O)[C@H](O)CO)C/C=C(C)/C=C\C(=O)O2)O4)O3)O[C@@H](C)C1. The Morgan fingerprint density at radius 3 is 1.14 bits per heavy atom. The zero-order chi connectivity index (χ0) is 95.6. The topological polar surface area (TPSA) is 455 Å². The summed E-state index contributed by atoms with van der Waals surface area (Å²) in [6.45, 7) is 16.5. The van der Waals surface area contributed by atoms with Gasteiger partial charge < -0.3 is 146 Å². The number of cyclic esters (lactones) is 2. The van der Waals surface area contributed by atoms with Gasteiger partial charge in [-0.3, -0.25) is 0 Å². The Kier molecular flexibility index (Phi) is 49.6. The predicted molar refractivity (Wildman–Crippen MR) is 475 cm³/mol. The number of aliphatic hydroxyl groups is 10. The number of carbonyl (C=O) groups excluding carboxylic acids is 4. The van der Waals surface area contributed by atoms with Crippen LogP contribution in [-0.2, 0) is 114 Å². The Bertz CT molecular complexity index is 3230. The van der Waals surface area contributed by atoms with E-state index in [1.165, 1.54) is 54.8 Å². The van der Waals surface area contributed by atoms with Crippen molar-refractivity contribution in [2.75, 3.05) is 83.3 Å². The van der Waals surface area contributed by atoms with E-state index in [4.69, 9.17) is 94.7 Å². The highest BCUT2D eigenvalue weighted by Crippen LogP contribution is 2.38. The van der Waals surface area contributed by atoms with Crippen LogP contribution in [0.15, 0.2) is 71.9 Å². The molecule has 0 aromatic rings. The second kappa shape index (κ2) is 57.5. The van der Waals surface area contributed by atoms with Gasteiger partial charge in [-0.2, -0.15) is 0 Å². The van der Waals surface area contributed by atoms with Gasteiger partial charge in [0, 0.05) is 131 Å². The van der Waals surface area contributed by atoms with Crippen LogP contribution < -0.4 is 0 Å². The van der Waals surface area contributed by atoms with Gasteiger partial charge in [-0.1, -0.05) is 101 Å². The minimum absolute atomic E-state index is 0.0170. The molecule has 4 bridgehead atoms. The molecular formula is C96H160O34. The molecule has 7 rings (SSSR count). The van der Waals surface area contributed by atoms with Crippen molar-refractivity contribution in [3.05, 3.63) is 71.9 Å². The molecule has 0 aromatic carbocycles. The molecule has 0 unspecified atom stereocenters. The van der Waals surface area contributed by atoms with Crippen molar-refractivity contribution >= 4 is 23.9 Å². The van der Waals surface area contributed by atoms with Crippen LogP contribution in [0, 0.1) is 35.5 Å². The summed E-state index contributed by atoms with van der Waals surface area (Å²) in [5.41, 5.74) is 1.14. The van der Waals surface area contributed by atoms with Crippen molar-refractivity contribution in [3.63, 3.8) is 0 Å². The van der Waals surface area contributed by atoms with Crippen LogP contribution in [0.5, 0.6) is 0 Å². The number of hydrogen-bond donors (Lipinski definition) is 10. The van der Waals surface area contributed by atoms with E-state index in [0.29, 0.717) is 62.5 Å². The number of fused-ring (bicyclic) bond motifs is 4. The van der Waals surface area contributed by atoms with Crippen molar-refractivity contribution in [1.82, 2.24) is 0 Å². The number of esters is 4. The molecule has 10 N–H and O–H groups in total. The minimum atomic E-state index is -1.90. The Morgan fingerprint density at radius 1 is 0.431 bits per heavy atom. The van der Waals surface area contributed by atoms with Crippen molar-refractivity contribution in [2.45, 2.75) is 393 Å². The third kappa shape index (κ3) is 35.7. The quantitative estimate of drug-likeness (QED) is 0.0197. The number of ether oxygens (including phenoxy) is 20. The summed E-state index contributed by atoms with van der Waals surface area (Å²) >= 11 is 0. The maximum Gasteiger partial charge on any atom is 0.337 e. The lowest BCUT2D eigenvalue weighted by molar-refractivity contribution is -0.296. The lowest BCUT2D eigenvalue weighted by Crippen LogP contribution is -2.58. The van der Waals surface area contributed by atoms with Gasteiger partial charge in [0.15, 0.2) is 37.0 Å². The van der Waals surface area contributed by atoms with Crippen LogP contribution in [0.4, 0.5) is 0 Å². The summed E-state index contributed by atoms with van der Waals surface area (Å²) in [4.78, 5) is 55.3. The van der Waals surface area contributed by atoms with E-state index in [2.05, 4.69) is 0 Å². The first-order chi connectivity index (χ1) is 62.0. The molecule has 4 fully saturated rings. The minimum Gasteiger partial charge on any atom is -0.459 e. The lowest BCUT2D eigenvalue weighted by Gasteiger charge is -2.42. The fraction of sp³-hybridized carbons (Fsp3) is 0.833. The molecule has 34 heteroatoms. The van der Waals surface area contributed by atoms with Gasteiger partial charge in [-0.05, 0) is 129 Å². The molecule has 0 aromatic heterocycles. The fourth-order valence-corrected chi connectivity index (χ4v) is 18.8. The summed E-state index contributed by atoms with van der Waals surface area (Å²) in [6.07, 6.45) is -3.68. The molecule has 4 saturated heterocycles. The third-order valence-corrected chi connectivity index (χ3v) is 27.2. The van der Waals surface area contributed by atoms with E-state index in [-0.39, 0.29) is 126 Å². The van der Waals surface area contributed by atoms with E-state index in [0.717, 1.165) is 12.8 Å². The Labute approximate surface area is 769 Å². The van der Waals surface area contributed by atoms with Crippen LogP contribution in [0.3, 0.4) is 0 Å². The van der Waals surface area contributed by atoms with E-state index in [1.807, 2.05) is 64.2 Å². The highest BCUT2D eigenvalue weighted by Gasteiger charge is 2.49. The van der Waals surface area contributed by atoms with Gasteiger partial charge in [0.1, 0.15) is 36.6 Å². The molecule has 7 heterocycles. The van der Waals surface area contributed by atoms with Gasteiger partial charge in [-0.25, -0.2) is 19.2 Å². The normalized spacial score (nSPS) is 39.1. The summed E-state index contributed by atoms with van der Waals surface area (Å²) < 4.78 is 123. The number of aliphatic hydroxyl groups excluding tert-OH is 10. The first-order valence-electron chi connectivity index (χ1n) is 46.9. The Hall–Kier alpha value is -4.72. The average Bonchev–Trinajstić information content (AvgIpc) is 0.816. The maximum atomic E-state index is 14.4. The molecule has 0 saturated carbocycles. The van der Waals surface area contributed by atoms with Crippen LogP contribution in [-0.4, -0.2) is 354 Å². The number of hydrogen-bond acceptors (Lipinski definition) is 34. The third-order valence-electron chi connectivity index (χ3n) is 27.2. The zero-order valence-electron chi connectivity index (χ0n) is 80.0. The van der Waals surface area contributed by atoms with Crippen molar-refractivity contribution in [2.24, 2.45) is 35.5 Å². The molecule has 748 valence electrons. The van der Waals surface area contributed by atoms with Gasteiger partial charge >= 0.3 is 23.9 Å². The highest BCUT2D eigenvalue weighted by molar-refractivity contribution is 5.83. The van der Waals surface area contributed by atoms with Crippen molar-refractivity contribution < 1.29 is 165 Å². The molecule has 0 spiro atoms. The largest absolute Gasteiger partial charge is 0.459 e. The van der Waals surface area contributed by atoms with Crippen molar-refractivity contribution in [3.8, 4) is 0 Å². The second-order valence-corrected chi connectivity index (χ2v) is 37.2.